The molecule has 0 bridgehead atoms. The van der Waals surface area contributed by atoms with E-state index in [0.717, 1.165) is 5.75 Å². The zero-order chi connectivity index (χ0) is 8.93. The van der Waals surface area contributed by atoms with Crippen molar-refractivity contribution in [3.8, 4) is 5.75 Å². The van der Waals surface area contributed by atoms with E-state index in [0.29, 0.717) is 0 Å². The molecule has 2 heteroatoms. The third kappa shape index (κ3) is 3.08. The van der Waals surface area contributed by atoms with Crippen molar-refractivity contribution in [1.82, 2.24) is 0 Å². The number of rotatable bonds is 2. The third-order valence-electron chi connectivity index (χ3n) is 1.77. The van der Waals surface area contributed by atoms with E-state index < -0.39 is 0 Å². The van der Waals surface area contributed by atoms with Gasteiger partial charge >= 0.3 is 21.1 Å². The summed E-state index contributed by atoms with van der Waals surface area (Å²) in [6.07, 6.45) is 9.99. The fraction of sp³-hybridized carbons (Fsp3) is 0.0833. The summed E-state index contributed by atoms with van der Waals surface area (Å²) in [6.45, 7) is 0. The van der Waals surface area contributed by atoms with Crippen molar-refractivity contribution in [2.45, 2.75) is 6.10 Å². The van der Waals surface area contributed by atoms with Gasteiger partial charge in [0.1, 0.15) is 0 Å². The fourth-order valence-corrected chi connectivity index (χ4v) is 1.15. The Morgan fingerprint density at radius 3 is 2.86 bits per heavy atom. The van der Waals surface area contributed by atoms with Crippen LogP contribution in [0.5, 0.6) is 5.75 Å². The molecule has 1 nitrogen and oxygen atoms in total. The van der Waals surface area contributed by atoms with Gasteiger partial charge < -0.3 is 4.74 Å². The van der Waals surface area contributed by atoms with Crippen molar-refractivity contribution >= 4 is 0 Å². The molecule has 1 unspecified atom stereocenters. The molecule has 0 saturated carbocycles. The van der Waals surface area contributed by atoms with Crippen LogP contribution in [0.4, 0.5) is 0 Å². The minimum absolute atomic E-state index is 0. The summed E-state index contributed by atoms with van der Waals surface area (Å²) < 4.78 is 5.61. The van der Waals surface area contributed by atoms with Crippen LogP contribution in [0.1, 0.15) is 0 Å². The Bertz CT molecular complexity index is 316. The molecule has 0 aromatic heterocycles. The number of hydrogen-bond donors (Lipinski definition) is 0. The molecule has 0 saturated heterocycles. The topological polar surface area (TPSA) is 9.23 Å². The minimum atomic E-state index is 0. The smallest absolute Gasteiger partial charge is 0.526 e. The number of para-hydroxylation sites is 1. The first-order chi connectivity index (χ1) is 6.45. The molecule has 70 valence electrons. The first-order valence-electron chi connectivity index (χ1n) is 4.27. The molecule has 1 atom stereocenters. The molecule has 0 aliphatic heterocycles. The molecule has 0 heterocycles. The normalized spacial score (nSPS) is 18.1. The van der Waals surface area contributed by atoms with Crippen LogP contribution in [-0.2, 0) is 21.1 Å². The summed E-state index contributed by atoms with van der Waals surface area (Å²) in [4.78, 5) is 0. The van der Waals surface area contributed by atoms with E-state index in [1.807, 2.05) is 55.0 Å². The molecule has 1 aromatic rings. The molecule has 0 spiro atoms. The Hall–Kier alpha value is -0.942. The molecule has 0 radical (unpaired) electrons. The Labute approximate surface area is 98.7 Å². The Morgan fingerprint density at radius 2 is 2.21 bits per heavy atom. The predicted molar refractivity (Wildman–Crippen MR) is 52.3 cm³/mol. The van der Waals surface area contributed by atoms with Crippen LogP contribution >= 0.6 is 0 Å². The number of ether oxygens (including phenoxy) is 1. The Morgan fingerprint density at radius 1 is 1.29 bits per heavy atom. The maximum absolute atomic E-state index is 5.61. The number of allylic oxidation sites excluding steroid dienone is 2. The number of benzene rings is 1. The fourth-order valence-electron chi connectivity index (χ4n) is 1.15. The summed E-state index contributed by atoms with van der Waals surface area (Å²) in [5, 5.41) is 0. The summed E-state index contributed by atoms with van der Waals surface area (Å²) in [7, 11) is 0. The minimum Gasteiger partial charge on any atom is -0.526 e. The monoisotopic (exact) mass is 354 g/mol. The van der Waals surface area contributed by atoms with Crippen molar-refractivity contribution in [1.29, 1.82) is 0 Å². The summed E-state index contributed by atoms with van der Waals surface area (Å²) >= 11 is 0. The first kappa shape index (κ1) is 11.1. The van der Waals surface area contributed by atoms with Crippen LogP contribution in [0, 0.1) is 12.5 Å². The van der Waals surface area contributed by atoms with Gasteiger partial charge in [-0.25, -0.2) is 12.2 Å². The number of hydrogen-bond acceptors (Lipinski definition) is 1. The zero-order valence-corrected chi connectivity index (χ0v) is 10.5. The summed E-state index contributed by atoms with van der Waals surface area (Å²) in [5.41, 5.74) is 0. The molecular formula is C12H10OW. The molecule has 0 fully saturated rings. The molecular weight excluding hydrogens is 344 g/mol. The predicted octanol–water partition coefficient (Wildman–Crippen LogP) is 2.56. The summed E-state index contributed by atoms with van der Waals surface area (Å²) in [5.74, 6) is 0.781. The van der Waals surface area contributed by atoms with E-state index in [4.69, 9.17) is 4.74 Å². The van der Waals surface area contributed by atoms with E-state index in [1.54, 1.807) is 0 Å². The summed E-state index contributed by atoms with van der Waals surface area (Å²) in [6, 6.07) is 10.6. The van der Waals surface area contributed by atoms with Gasteiger partial charge in [-0.05, 0) is 0 Å². The van der Waals surface area contributed by atoms with E-state index in [1.165, 1.54) is 0 Å². The second-order valence-electron chi connectivity index (χ2n) is 2.77. The second kappa shape index (κ2) is 5.72. The Balaban J connectivity index is 0.000000980. The second-order valence-corrected chi connectivity index (χ2v) is 2.77. The van der Waals surface area contributed by atoms with Crippen LogP contribution in [0.3, 0.4) is 0 Å². The van der Waals surface area contributed by atoms with E-state index in [2.05, 4.69) is 6.07 Å². The first-order valence-corrected chi connectivity index (χ1v) is 4.27. The maximum atomic E-state index is 5.61. The van der Waals surface area contributed by atoms with Crippen molar-refractivity contribution in [2.75, 3.05) is 0 Å². The van der Waals surface area contributed by atoms with Gasteiger partial charge in [0.05, 0.1) is 6.10 Å². The molecule has 2 rings (SSSR count). The van der Waals surface area contributed by atoms with E-state index >= 15 is 0 Å². The van der Waals surface area contributed by atoms with Gasteiger partial charge in [0, 0.05) is 5.75 Å². The van der Waals surface area contributed by atoms with Crippen LogP contribution in [0.2, 0.25) is 0 Å². The molecule has 1 aliphatic rings. The van der Waals surface area contributed by atoms with Gasteiger partial charge in [-0.3, -0.25) is 0 Å². The maximum Gasteiger partial charge on any atom is 2.00 e. The van der Waals surface area contributed by atoms with Gasteiger partial charge in [0.2, 0.25) is 0 Å². The van der Waals surface area contributed by atoms with Gasteiger partial charge in [0.15, 0.2) is 0 Å². The molecule has 14 heavy (non-hydrogen) atoms. The van der Waals surface area contributed by atoms with Gasteiger partial charge in [-0.2, -0.15) is 24.6 Å². The SMILES string of the molecule is [W+2].[c-]1ccccc1OC1C=CC=C[CH-]1. The third-order valence-corrected chi connectivity index (χ3v) is 1.77. The molecule has 0 N–H and O–H groups in total. The van der Waals surface area contributed by atoms with Crippen molar-refractivity contribution in [3.63, 3.8) is 0 Å². The standard InChI is InChI=1S/C12H10O.W/c1-3-7-11(8-4-1)13-12-9-5-2-6-10-12;/h1-9,11H;/q-2;+2. The average molecular weight is 354 g/mol. The van der Waals surface area contributed by atoms with Crippen molar-refractivity contribution in [3.05, 3.63) is 61.1 Å². The largest absolute Gasteiger partial charge is 2.00 e. The van der Waals surface area contributed by atoms with Crippen molar-refractivity contribution in [2.24, 2.45) is 0 Å². The quantitative estimate of drug-likeness (QED) is 0.742. The molecule has 0 amide bonds. The van der Waals surface area contributed by atoms with Gasteiger partial charge in [0.25, 0.3) is 0 Å². The van der Waals surface area contributed by atoms with Gasteiger partial charge in [-0.15, -0.1) is 18.2 Å². The Kier molecular flexibility index (Phi) is 4.55. The van der Waals surface area contributed by atoms with Crippen LogP contribution in [0.25, 0.3) is 0 Å². The molecule has 1 aromatic carbocycles. The van der Waals surface area contributed by atoms with Gasteiger partial charge in [-0.1, -0.05) is 6.08 Å². The van der Waals surface area contributed by atoms with Crippen LogP contribution < -0.4 is 4.74 Å². The van der Waals surface area contributed by atoms with Crippen molar-refractivity contribution < 1.29 is 25.8 Å². The van der Waals surface area contributed by atoms with Crippen LogP contribution in [0.15, 0.2) is 48.6 Å². The van der Waals surface area contributed by atoms with E-state index in [9.17, 15) is 0 Å². The molecule has 1 aliphatic carbocycles. The zero-order valence-electron chi connectivity index (χ0n) is 7.59. The van der Waals surface area contributed by atoms with Crippen LogP contribution in [-0.4, -0.2) is 6.10 Å². The van der Waals surface area contributed by atoms with E-state index in [-0.39, 0.29) is 27.2 Å². The average Bonchev–Trinajstić information content (AvgIpc) is 2.21.